The summed E-state index contributed by atoms with van der Waals surface area (Å²) in [4.78, 5) is 11.0. The Kier molecular flexibility index (Phi) is 2.99. The minimum atomic E-state index is -0.670. The second-order valence-electron chi connectivity index (χ2n) is 3.99. The molecule has 0 heterocycles. The van der Waals surface area contributed by atoms with Crippen molar-refractivity contribution < 1.29 is 14.7 Å². The van der Waals surface area contributed by atoms with Gasteiger partial charge in [-0.2, -0.15) is 0 Å². The van der Waals surface area contributed by atoms with Gasteiger partial charge in [-0.3, -0.25) is 4.79 Å². The topological polar surface area (TPSA) is 84.9 Å². The third kappa shape index (κ3) is 2.08. The third-order valence-corrected chi connectivity index (χ3v) is 2.88. The van der Waals surface area contributed by atoms with Crippen LogP contribution < -0.4 is 10.5 Å². The van der Waals surface area contributed by atoms with Crippen molar-refractivity contribution in [2.75, 3.05) is 0 Å². The number of ether oxygens (including phenoxy) is 1. The molecule has 5 nitrogen and oxygen atoms in total. The van der Waals surface area contributed by atoms with Crippen LogP contribution in [0.15, 0.2) is 23.4 Å². The zero-order valence-electron chi connectivity index (χ0n) is 9.51. The van der Waals surface area contributed by atoms with Crippen molar-refractivity contribution in [3.05, 3.63) is 29.3 Å². The van der Waals surface area contributed by atoms with Gasteiger partial charge in [0.25, 0.3) is 5.91 Å². The standard InChI is InChI=1S/C12H14N2O3/c1-7(12(13)15)17-11-4-2-3-8-9(11)5-6-10(8)14-16/h2-4,7,16H,5-6H2,1H3,(H2,13,15)/b14-10+. The quantitative estimate of drug-likeness (QED) is 0.605. The van der Waals surface area contributed by atoms with E-state index in [1.807, 2.05) is 6.07 Å². The first-order valence-electron chi connectivity index (χ1n) is 5.42. The van der Waals surface area contributed by atoms with E-state index in [2.05, 4.69) is 5.16 Å². The zero-order valence-corrected chi connectivity index (χ0v) is 9.51. The lowest BCUT2D eigenvalue weighted by Crippen LogP contribution is -2.30. The maximum Gasteiger partial charge on any atom is 0.258 e. The van der Waals surface area contributed by atoms with Crippen LogP contribution in [-0.4, -0.2) is 22.9 Å². The molecule has 1 aliphatic carbocycles. The predicted molar refractivity (Wildman–Crippen MR) is 62.4 cm³/mol. The fourth-order valence-electron chi connectivity index (χ4n) is 1.93. The lowest BCUT2D eigenvalue weighted by molar-refractivity contribution is -0.124. The Labute approximate surface area is 98.9 Å². The molecule has 1 atom stereocenters. The average Bonchev–Trinajstić information content (AvgIpc) is 2.72. The Bertz CT molecular complexity index is 483. The lowest BCUT2D eigenvalue weighted by atomic mass is 10.1. The van der Waals surface area contributed by atoms with Gasteiger partial charge in [0.2, 0.25) is 0 Å². The Morgan fingerprint density at radius 3 is 2.94 bits per heavy atom. The van der Waals surface area contributed by atoms with Crippen LogP contribution in [0.1, 0.15) is 24.5 Å². The maximum absolute atomic E-state index is 11.0. The molecular weight excluding hydrogens is 220 g/mol. The highest BCUT2D eigenvalue weighted by atomic mass is 16.5. The molecule has 0 spiro atoms. The molecule has 2 rings (SSSR count). The minimum absolute atomic E-state index is 0.503. The first-order valence-corrected chi connectivity index (χ1v) is 5.42. The van der Waals surface area contributed by atoms with E-state index < -0.39 is 12.0 Å². The first kappa shape index (κ1) is 11.4. The summed E-state index contributed by atoms with van der Waals surface area (Å²) in [5, 5.41) is 12.1. The highest BCUT2D eigenvalue weighted by Gasteiger charge is 2.23. The van der Waals surface area contributed by atoms with E-state index in [4.69, 9.17) is 15.7 Å². The van der Waals surface area contributed by atoms with Crippen molar-refractivity contribution in [2.24, 2.45) is 10.9 Å². The molecule has 1 unspecified atom stereocenters. The molecule has 0 aliphatic heterocycles. The van der Waals surface area contributed by atoms with Gasteiger partial charge in [-0.1, -0.05) is 17.3 Å². The van der Waals surface area contributed by atoms with Crippen molar-refractivity contribution in [3.8, 4) is 5.75 Å². The molecule has 1 aliphatic rings. The smallest absolute Gasteiger partial charge is 0.258 e. The molecule has 0 saturated heterocycles. The predicted octanol–water partition coefficient (Wildman–Crippen LogP) is 1.06. The van der Waals surface area contributed by atoms with E-state index in [-0.39, 0.29) is 0 Å². The van der Waals surface area contributed by atoms with Crippen molar-refractivity contribution >= 4 is 11.6 Å². The number of fused-ring (bicyclic) bond motifs is 1. The highest BCUT2D eigenvalue weighted by molar-refractivity contribution is 6.04. The number of nitrogens with two attached hydrogens (primary N) is 1. The number of nitrogens with zero attached hydrogens (tertiary/aromatic N) is 1. The number of hydrogen-bond acceptors (Lipinski definition) is 4. The largest absolute Gasteiger partial charge is 0.481 e. The number of carbonyl (C=O) groups excluding carboxylic acids is 1. The normalized spacial score (nSPS) is 17.8. The number of carbonyl (C=O) groups is 1. The van der Waals surface area contributed by atoms with Crippen LogP contribution in [0.5, 0.6) is 5.75 Å². The molecule has 0 radical (unpaired) electrons. The van der Waals surface area contributed by atoms with Gasteiger partial charge in [0.1, 0.15) is 5.75 Å². The molecule has 17 heavy (non-hydrogen) atoms. The molecule has 0 fully saturated rings. The molecule has 1 aromatic carbocycles. The Hall–Kier alpha value is -2.04. The summed E-state index contributed by atoms with van der Waals surface area (Å²) < 4.78 is 5.50. The lowest BCUT2D eigenvalue weighted by Gasteiger charge is -2.14. The molecule has 0 aromatic heterocycles. The van der Waals surface area contributed by atoms with E-state index in [1.54, 1.807) is 19.1 Å². The second-order valence-corrected chi connectivity index (χ2v) is 3.99. The molecule has 3 N–H and O–H groups in total. The molecule has 1 amide bonds. The Balaban J connectivity index is 2.32. The van der Waals surface area contributed by atoms with E-state index in [0.29, 0.717) is 17.9 Å². The van der Waals surface area contributed by atoms with Gasteiger partial charge in [0.15, 0.2) is 6.10 Å². The van der Waals surface area contributed by atoms with Crippen LogP contribution in [-0.2, 0) is 11.2 Å². The van der Waals surface area contributed by atoms with Crippen LogP contribution in [0.4, 0.5) is 0 Å². The molecular formula is C12H14N2O3. The number of hydrogen-bond donors (Lipinski definition) is 2. The summed E-state index contributed by atoms with van der Waals surface area (Å²) in [5.41, 5.74) is 7.65. The number of benzene rings is 1. The van der Waals surface area contributed by atoms with Crippen LogP contribution in [0, 0.1) is 0 Å². The Morgan fingerprint density at radius 2 is 2.29 bits per heavy atom. The number of primary amides is 1. The molecule has 90 valence electrons. The maximum atomic E-state index is 11.0. The number of oxime groups is 1. The first-order chi connectivity index (χ1) is 8.13. The fourth-order valence-corrected chi connectivity index (χ4v) is 1.93. The zero-order chi connectivity index (χ0) is 12.4. The average molecular weight is 234 g/mol. The number of rotatable bonds is 3. The molecule has 0 bridgehead atoms. The SMILES string of the molecule is CC(Oc1cccc2c1CC/C2=N\O)C(N)=O. The van der Waals surface area contributed by atoms with Crippen molar-refractivity contribution in [1.29, 1.82) is 0 Å². The summed E-state index contributed by atoms with van der Waals surface area (Å²) >= 11 is 0. The summed E-state index contributed by atoms with van der Waals surface area (Å²) in [6.45, 7) is 1.61. The van der Waals surface area contributed by atoms with Crippen molar-refractivity contribution in [3.63, 3.8) is 0 Å². The van der Waals surface area contributed by atoms with Gasteiger partial charge in [0, 0.05) is 11.1 Å². The van der Waals surface area contributed by atoms with E-state index in [1.165, 1.54) is 0 Å². The Morgan fingerprint density at radius 1 is 1.53 bits per heavy atom. The fraction of sp³-hybridized carbons (Fsp3) is 0.333. The van der Waals surface area contributed by atoms with Crippen LogP contribution in [0.2, 0.25) is 0 Å². The minimum Gasteiger partial charge on any atom is -0.481 e. The van der Waals surface area contributed by atoms with Crippen molar-refractivity contribution in [1.82, 2.24) is 0 Å². The van der Waals surface area contributed by atoms with Crippen LogP contribution >= 0.6 is 0 Å². The van der Waals surface area contributed by atoms with Crippen LogP contribution in [0.3, 0.4) is 0 Å². The van der Waals surface area contributed by atoms with E-state index in [0.717, 1.165) is 17.5 Å². The number of amides is 1. The van der Waals surface area contributed by atoms with Crippen molar-refractivity contribution in [2.45, 2.75) is 25.9 Å². The van der Waals surface area contributed by atoms with Crippen LogP contribution in [0.25, 0.3) is 0 Å². The summed E-state index contributed by atoms with van der Waals surface area (Å²) in [6, 6.07) is 5.47. The monoisotopic (exact) mass is 234 g/mol. The van der Waals surface area contributed by atoms with Gasteiger partial charge in [-0.25, -0.2) is 0 Å². The van der Waals surface area contributed by atoms with Gasteiger partial charge in [0.05, 0.1) is 5.71 Å². The summed E-state index contributed by atoms with van der Waals surface area (Å²) in [5.74, 6) is 0.129. The second kappa shape index (κ2) is 4.45. The third-order valence-electron chi connectivity index (χ3n) is 2.88. The van der Waals surface area contributed by atoms with E-state index in [9.17, 15) is 4.79 Å². The summed E-state index contributed by atoms with van der Waals surface area (Å²) in [6.07, 6.45) is 0.754. The summed E-state index contributed by atoms with van der Waals surface area (Å²) in [7, 11) is 0. The molecule has 0 saturated carbocycles. The van der Waals surface area contributed by atoms with E-state index >= 15 is 0 Å². The van der Waals surface area contributed by atoms with Gasteiger partial charge < -0.3 is 15.7 Å². The molecule has 1 aromatic rings. The highest BCUT2D eigenvalue weighted by Crippen LogP contribution is 2.31. The van der Waals surface area contributed by atoms with Gasteiger partial charge in [-0.15, -0.1) is 0 Å². The van der Waals surface area contributed by atoms with Gasteiger partial charge >= 0.3 is 0 Å². The van der Waals surface area contributed by atoms with Gasteiger partial charge in [-0.05, 0) is 25.8 Å². The molecule has 5 heteroatoms.